The lowest BCUT2D eigenvalue weighted by Crippen LogP contribution is -2.45. The molecule has 2 aliphatic rings. The number of amides is 1. The average molecular weight is 276 g/mol. The Morgan fingerprint density at radius 2 is 2.21 bits per heavy atom. The maximum atomic E-state index is 12.3. The van der Waals surface area contributed by atoms with Crippen LogP contribution < -0.4 is 10.6 Å². The fourth-order valence-electron chi connectivity index (χ4n) is 2.86. The van der Waals surface area contributed by atoms with E-state index in [1.54, 1.807) is 11.8 Å². The molecule has 1 aromatic carbocycles. The number of hydrogen-bond donors (Lipinski definition) is 2. The summed E-state index contributed by atoms with van der Waals surface area (Å²) in [4.78, 5) is 13.6. The second kappa shape index (κ2) is 5.17. The van der Waals surface area contributed by atoms with Crippen molar-refractivity contribution in [1.29, 1.82) is 0 Å². The molecule has 3 rings (SSSR count). The molecular formula is C15H20N2OS. The van der Waals surface area contributed by atoms with Gasteiger partial charge in [0, 0.05) is 4.90 Å². The lowest BCUT2D eigenvalue weighted by Gasteiger charge is -2.22. The van der Waals surface area contributed by atoms with Gasteiger partial charge in [0.15, 0.2) is 0 Å². The zero-order valence-electron chi connectivity index (χ0n) is 11.2. The van der Waals surface area contributed by atoms with E-state index in [1.165, 1.54) is 10.5 Å². The molecule has 1 saturated heterocycles. The molecule has 1 aliphatic carbocycles. The molecule has 102 valence electrons. The van der Waals surface area contributed by atoms with Crippen LogP contribution in [-0.4, -0.2) is 24.7 Å². The fraction of sp³-hybridized carbons (Fsp3) is 0.533. The molecule has 1 saturated carbocycles. The maximum Gasteiger partial charge on any atom is 0.237 e. The number of nitrogens with one attached hydrogen (secondary N) is 2. The molecule has 0 radical (unpaired) electrons. The molecule has 2 N–H and O–H groups in total. The Balaban J connectivity index is 1.77. The number of hydrogen-bond acceptors (Lipinski definition) is 3. The molecule has 1 aromatic rings. The van der Waals surface area contributed by atoms with Crippen molar-refractivity contribution in [1.82, 2.24) is 10.6 Å². The molecular weight excluding hydrogens is 256 g/mol. The summed E-state index contributed by atoms with van der Waals surface area (Å²) in [5.74, 6) is 0.172. The smallest absolute Gasteiger partial charge is 0.237 e. The van der Waals surface area contributed by atoms with Gasteiger partial charge in [0.1, 0.15) is 0 Å². The third-order valence-corrected chi connectivity index (χ3v) is 4.91. The lowest BCUT2D eigenvalue weighted by atomic mass is 10.0. The molecule has 19 heavy (non-hydrogen) atoms. The van der Waals surface area contributed by atoms with E-state index in [0.717, 1.165) is 32.2 Å². The van der Waals surface area contributed by atoms with E-state index in [1.807, 2.05) is 0 Å². The van der Waals surface area contributed by atoms with Crippen molar-refractivity contribution in [3.8, 4) is 0 Å². The van der Waals surface area contributed by atoms with Gasteiger partial charge in [-0.15, -0.1) is 11.8 Å². The molecule has 1 unspecified atom stereocenters. The molecule has 1 amide bonds. The Bertz CT molecular complexity index is 479. The average Bonchev–Trinajstić information content (AvgIpc) is 3.01. The Kier molecular flexibility index (Phi) is 3.54. The highest BCUT2D eigenvalue weighted by molar-refractivity contribution is 7.98. The van der Waals surface area contributed by atoms with Crippen LogP contribution in [0.4, 0.5) is 0 Å². The molecule has 1 atom stereocenters. The summed E-state index contributed by atoms with van der Waals surface area (Å²) in [5, 5.41) is 6.56. The van der Waals surface area contributed by atoms with Gasteiger partial charge in [-0.2, -0.15) is 0 Å². The highest BCUT2D eigenvalue weighted by Crippen LogP contribution is 2.48. The summed E-state index contributed by atoms with van der Waals surface area (Å²) < 4.78 is 0. The number of rotatable bonds is 4. The first-order valence-corrected chi connectivity index (χ1v) is 8.16. The van der Waals surface area contributed by atoms with Crippen molar-refractivity contribution >= 4 is 17.7 Å². The second-order valence-electron chi connectivity index (χ2n) is 5.42. The van der Waals surface area contributed by atoms with Crippen molar-refractivity contribution < 1.29 is 4.79 Å². The van der Waals surface area contributed by atoms with Gasteiger partial charge in [-0.05, 0) is 50.1 Å². The van der Waals surface area contributed by atoms with Crippen molar-refractivity contribution in [3.05, 3.63) is 29.8 Å². The summed E-state index contributed by atoms with van der Waals surface area (Å²) in [5.41, 5.74) is 1.19. The van der Waals surface area contributed by atoms with Crippen LogP contribution in [0.2, 0.25) is 0 Å². The second-order valence-corrected chi connectivity index (χ2v) is 6.27. The molecule has 4 heteroatoms. The van der Waals surface area contributed by atoms with E-state index >= 15 is 0 Å². The van der Waals surface area contributed by atoms with Crippen LogP contribution in [0.3, 0.4) is 0 Å². The summed E-state index contributed by atoms with van der Waals surface area (Å²) in [6.45, 7) is 0.965. The maximum absolute atomic E-state index is 12.3. The zero-order valence-corrected chi connectivity index (χ0v) is 12.1. The van der Waals surface area contributed by atoms with Crippen LogP contribution in [0.25, 0.3) is 0 Å². The fourth-order valence-corrected chi connectivity index (χ4v) is 3.56. The molecule has 2 fully saturated rings. The van der Waals surface area contributed by atoms with E-state index in [9.17, 15) is 4.79 Å². The molecule has 3 nitrogen and oxygen atoms in total. The summed E-state index contributed by atoms with van der Waals surface area (Å²) in [6.07, 6.45) is 6.28. The van der Waals surface area contributed by atoms with E-state index < -0.39 is 0 Å². The van der Waals surface area contributed by atoms with Crippen molar-refractivity contribution in [2.45, 2.75) is 42.2 Å². The predicted octanol–water partition coefficient (Wildman–Crippen LogP) is 2.27. The third kappa shape index (κ3) is 2.51. The van der Waals surface area contributed by atoms with E-state index in [-0.39, 0.29) is 17.5 Å². The number of carbonyl (C=O) groups excluding carboxylic acids is 1. The standard InChI is InChI=1S/C15H20N2OS/c1-19-13-7-3-2-5-11(13)15(8-9-15)17-14(18)12-6-4-10-16-12/h2-3,5,7,12,16H,4,6,8-10H2,1H3,(H,17,18). The van der Waals surface area contributed by atoms with Gasteiger partial charge in [-0.3, -0.25) is 4.79 Å². The van der Waals surface area contributed by atoms with E-state index in [4.69, 9.17) is 0 Å². The first-order chi connectivity index (χ1) is 9.25. The SMILES string of the molecule is CSc1ccccc1C1(NC(=O)C2CCCN2)CC1. The number of carbonyl (C=O) groups is 1. The van der Waals surface area contributed by atoms with Gasteiger partial charge in [0.2, 0.25) is 5.91 Å². The molecule has 0 spiro atoms. The van der Waals surface area contributed by atoms with E-state index in [0.29, 0.717) is 0 Å². The van der Waals surface area contributed by atoms with Crippen LogP contribution in [0.5, 0.6) is 0 Å². The third-order valence-electron chi connectivity index (χ3n) is 4.11. The van der Waals surface area contributed by atoms with Gasteiger partial charge in [-0.1, -0.05) is 18.2 Å². The highest BCUT2D eigenvalue weighted by Gasteiger charge is 2.47. The minimum absolute atomic E-state index is 0.0129. The Labute approximate surface area is 118 Å². The lowest BCUT2D eigenvalue weighted by molar-refractivity contribution is -0.123. The predicted molar refractivity (Wildman–Crippen MR) is 78.3 cm³/mol. The van der Waals surface area contributed by atoms with Gasteiger partial charge >= 0.3 is 0 Å². The van der Waals surface area contributed by atoms with E-state index in [2.05, 4.69) is 41.2 Å². The van der Waals surface area contributed by atoms with Crippen molar-refractivity contribution in [2.75, 3.05) is 12.8 Å². The number of thioether (sulfide) groups is 1. The quantitative estimate of drug-likeness (QED) is 0.829. The topological polar surface area (TPSA) is 41.1 Å². The minimum Gasteiger partial charge on any atom is -0.345 e. The Morgan fingerprint density at radius 3 is 2.84 bits per heavy atom. The van der Waals surface area contributed by atoms with Gasteiger partial charge < -0.3 is 10.6 Å². The molecule has 1 aliphatic heterocycles. The van der Waals surface area contributed by atoms with Crippen molar-refractivity contribution in [2.24, 2.45) is 0 Å². The minimum atomic E-state index is -0.0963. The largest absolute Gasteiger partial charge is 0.345 e. The first kappa shape index (κ1) is 13.0. The Morgan fingerprint density at radius 1 is 1.42 bits per heavy atom. The number of benzene rings is 1. The van der Waals surface area contributed by atoms with Crippen LogP contribution >= 0.6 is 11.8 Å². The van der Waals surface area contributed by atoms with Gasteiger partial charge in [-0.25, -0.2) is 0 Å². The molecule has 0 bridgehead atoms. The first-order valence-electron chi connectivity index (χ1n) is 6.94. The van der Waals surface area contributed by atoms with Crippen LogP contribution in [-0.2, 0) is 10.3 Å². The van der Waals surface area contributed by atoms with Crippen LogP contribution in [0.15, 0.2) is 29.2 Å². The summed E-state index contributed by atoms with van der Waals surface area (Å²) in [7, 11) is 0. The monoisotopic (exact) mass is 276 g/mol. The van der Waals surface area contributed by atoms with Gasteiger partial charge in [0.25, 0.3) is 0 Å². The summed E-state index contributed by atoms with van der Waals surface area (Å²) in [6, 6.07) is 8.43. The zero-order chi connectivity index (χ0) is 13.3. The normalized spacial score (nSPS) is 24.2. The highest BCUT2D eigenvalue weighted by atomic mass is 32.2. The van der Waals surface area contributed by atoms with Crippen LogP contribution in [0.1, 0.15) is 31.2 Å². The van der Waals surface area contributed by atoms with Crippen molar-refractivity contribution in [3.63, 3.8) is 0 Å². The molecule has 1 heterocycles. The summed E-state index contributed by atoms with van der Waals surface area (Å²) >= 11 is 1.75. The van der Waals surface area contributed by atoms with Crippen LogP contribution in [0, 0.1) is 0 Å². The molecule has 0 aromatic heterocycles. The Hall–Kier alpha value is -1.00. The van der Waals surface area contributed by atoms with Gasteiger partial charge in [0.05, 0.1) is 11.6 Å².